The van der Waals surface area contributed by atoms with Crippen molar-refractivity contribution >= 4 is 16.8 Å². The fraction of sp³-hybridized carbons (Fsp3) is 0.318. The molecule has 6 heteroatoms. The number of benzene rings is 2. The lowest BCUT2D eigenvalue weighted by atomic mass is 10.1. The number of methoxy groups -OCH3 is 1. The topological polar surface area (TPSA) is 64.4 Å². The van der Waals surface area contributed by atoms with E-state index in [1.165, 1.54) is 10.9 Å². The Morgan fingerprint density at radius 1 is 1.21 bits per heavy atom. The van der Waals surface area contributed by atoms with Gasteiger partial charge in [0.1, 0.15) is 5.75 Å². The van der Waals surface area contributed by atoms with Gasteiger partial charge in [0.2, 0.25) is 0 Å². The highest BCUT2D eigenvalue weighted by atomic mass is 16.5. The molecule has 0 atom stereocenters. The second-order valence-electron chi connectivity index (χ2n) is 7.32. The Morgan fingerprint density at radius 2 is 2.00 bits per heavy atom. The molecule has 0 saturated carbocycles. The van der Waals surface area contributed by atoms with Crippen LogP contribution in [0.1, 0.15) is 29.8 Å². The average Bonchev–Trinajstić information content (AvgIpc) is 2.69. The minimum Gasteiger partial charge on any atom is -0.497 e. The molecule has 0 N–H and O–H groups in total. The van der Waals surface area contributed by atoms with Crippen LogP contribution >= 0.6 is 0 Å². The predicted molar refractivity (Wildman–Crippen MR) is 110 cm³/mol. The van der Waals surface area contributed by atoms with Crippen LogP contribution in [0.15, 0.2) is 53.6 Å². The molecule has 1 heterocycles. The molecule has 0 spiro atoms. The summed E-state index contributed by atoms with van der Waals surface area (Å²) in [4.78, 5) is 31.5. The number of rotatable bonds is 6. The summed E-state index contributed by atoms with van der Waals surface area (Å²) in [6.07, 6.45) is 1.47. The highest BCUT2D eigenvalue weighted by Crippen LogP contribution is 2.18. The van der Waals surface area contributed by atoms with Crippen LogP contribution in [-0.2, 0) is 13.6 Å². The quantitative estimate of drug-likeness (QED) is 0.660. The zero-order valence-electron chi connectivity index (χ0n) is 16.7. The molecule has 6 nitrogen and oxygen atoms in total. The van der Waals surface area contributed by atoms with Gasteiger partial charge in [0.25, 0.3) is 11.5 Å². The second kappa shape index (κ2) is 8.25. The number of carbonyl (C=O) groups excluding carboxylic acids is 1. The van der Waals surface area contributed by atoms with Gasteiger partial charge in [-0.1, -0.05) is 26.0 Å². The molecular weight excluding hydrogens is 354 g/mol. The fourth-order valence-corrected chi connectivity index (χ4v) is 3.18. The van der Waals surface area contributed by atoms with Gasteiger partial charge in [-0.15, -0.1) is 0 Å². The van der Waals surface area contributed by atoms with Crippen LogP contribution in [0.3, 0.4) is 0 Å². The lowest BCUT2D eigenvalue weighted by Crippen LogP contribution is -2.33. The van der Waals surface area contributed by atoms with Crippen molar-refractivity contribution in [1.82, 2.24) is 14.5 Å². The molecule has 2 aromatic carbocycles. The summed E-state index contributed by atoms with van der Waals surface area (Å²) in [5.74, 6) is 1.00. The molecule has 1 aromatic heterocycles. The maximum absolute atomic E-state index is 13.2. The molecule has 0 fully saturated rings. The number of aromatic nitrogens is 2. The lowest BCUT2D eigenvalue weighted by Gasteiger charge is -2.25. The Morgan fingerprint density at radius 3 is 2.71 bits per heavy atom. The van der Waals surface area contributed by atoms with E-state index in [4.69, 9.17) is 4.74 Å². The van der Waals surface area contributed by atoms with Gasteiger partial charge in [0.15, 0.2) is 0 Å². The maximum Gasteiger partial charge on any atom is 0.260 e. The normalized spacial score (nSPS) is 11.0. The molecule has 0 aliphatic rings. The van der Waals surface area contributed by atoms with Gasteiger partial charge in [-0.25, -0.2) is 4.98 Å². The first-order valence-electron chi connectivity index (χ1n) is 9.26. The Hall–Kier alpha value is -3.15. The van der Waals surface area contributed by atoms with E-state index in [2.05, 4.69) is 18.8 Å². The van der Waals surface area contributed by atoms with Gasteiger partial charge >= 0.3 is 0 Å². The third-order valence-corrected chi connectivity index (χ3v) is 4.55. The van der Waals surface area contributed by atoms with Gasteiger partial charge in [0.05, 0.1) is 24.3 Å². The summed E-state index contributed by atoms with van der Waals surface area (Å²) >= 11 is 0. The van der Waals surface area contributed by atoms with E-state index in [1.807, 2.05) is 29.2 Å². The van der Waals surface area contributed by atoms with Crippen molar-refractivity contribution < 1.29 is 9.53 Å². The Kier molecular flexibility index (Phi) is 5.78. The minimum absolute atomic E-state index is 0.0825. The van der Waals surface area contributed by atoms with Crippen LogP contribution < -0.4 is 10.3 Å². The number of fused-ring (bicyclic) bond motifs is 1. The Bertz CT molecular complexity index is 1060. The van der Waals surface area contributed by atoms with E-state index in [9.17, 15) is 9.59 Å². The molecule has 0 bridgehead atoms. The van der Waals surface area contributed by atoms with Crippen molar-refractivity contribution in [1.29, 1.82) is 0 Å². The molecular formula is C22H25N3O3. The first kappa shape index (κ1) is 19.6. The maximum atomic E-state index is 13.2. The van der Waals surface area contributed by atoms with Crippen LogP contribution in [0.4, 0.5) is 0 Å². The van der Waals surface area contributed by atoms with Crippen LogP contribution in [-0.4, -0.2) is 34.0 Å². The molecule has 0 radical (unpaired) electrons. The summed E-state index contributed by atoms with van der Waals surface area (Å²) in [5, 5.41) is 0.504. The fourth-order valence-electron chi connectivity index (χ4n) is 3.18. The molecule has 3 aromatic rings. The number of nitrogens with zero attached hydrogens (tertiary/aromatic N) is 3. The van der Waals surface area contributed by atoms with E-state index in [0.29, 0.717) is 35.5 Å². The van der Waals surface area contributed by atoms with Crippen LogP contribution in [0.2, 0.25) is 0 Å². The highest BCUT2D eigenvalue weighted by Gasteiger charge is 2.19. The zero-order valence-corrected chi connectivity index (χ0v) is 16.7. The molecule has 0 unspecified atom stereocenters. The summed E-state index contributed by atoms with van der Waals surface area (Å²) in [6, 6.07) is 12.8. The second-order valence-corrected chi connectivity index (χ2v) is 7.32. The van der Waals surface area contributed by atoms with E-state index in [-0.39, 0.29) is 11.5 Å². The molecule has 0 saturated heterocycles. The van der Waals surface area contributed by atoms with Crippen molar-refractivity contribution in [3.8, 4) is 5.75 Å². The van der Waals surface area contributed by atoms with Crippen LogP contribution in [0.5, 0.6) is 5.75 Å². The van der Waals surface area contributed by atoms with Crippen molar-refractivity contribution in [3.63, 3.8) is 0 Å². The summed E-state index contributed by atoms with van der Waals surface area (Å²) in [7, 11) is 3.29. The molecule has 28 heavy (non-hydrogen) atoms. The number of hydrogen-bond acceptors (Lipinski definition) is 4. The molecule has 3 rings (SSSR count). The van der Waals surface area contributed by atoms with E-state index < -0.39 is 0 Å². The molecule has 0 aliphatic carbocycles. The highest BCUT2D eigenvalue weighted by molar-refractivity contribution is 5.97. The minimum atomic E-state index is -0.126. The smallest absolute Gasteiger partial charge is 0.260 e. The number of amides is 1. The summed E-state index contributed by atoms with van der Waals surface area (Å²) < 4.78 is 6.72. The Labute approximate surface area is 164 Å². The number of carbonyl (C=O) groups is 1. The van der Waals surface area contributed by atoms with Crippen LogP contribution in [0, 0.1) is 5.92 Å². The van der Waals surface area contributed by atoms with Gasteiger partial charge in [0, 0.05) is 25.7 Å². The standard InChI is InChI=1S/C22H25N3O3/c1-15(2)12-25(13-16-6-5-7-18(10-16)28-4)21(26)17-8-9-19-20(11-17)23-14-24(3)22(19)27/h5-11,14-15H,12-13H2,1-4H3. The van der Waals surface area contributed by atoms with E-state index in [0.717, 1.165) is 11.3 Å². The number of hydrogen-bond donors (Lipinski definition) is 0. The SMILES string of the molecule is COc1cccc(CN(CC(C)C)C(=O)c2ccc3c(=O)n(C)cnc3c2)c1. The van der Waals surface area contributed by atoms with Crippen molar-refractivity contribution in [3.05, 3.63) is 70.3 Å². The largest absolute Gasteiger partial charge is 0.497 e. The lowest BCUT2D eigenvalue weighted by molar-refractivity contribution is 0.0722. The average molecular weight is 379 g/mol. The number of ether oxygens (including phenoxy) is 1. The van der Waals surface area contributed by atoms with Crippen molar-refractivity contribution in [2.45, 2.75) is 20.4 Å². The van der Waals surface area contributed by atoms with Crippen molar-refractivity contribution in [2.75, 3.05) is 13.7 Å². The third kappa shape index (κ3) is 4.22. The Balaban J connectivity index is 1.93. The first-order valence-corrected chi connectivity index (χ1v) is 9.26. The van der Waals surface area contributed by atoms with Gasteiger partial charge in [-0.05, 0) is 41.8 Å². The number of aryl methyl sites for hydroxylation is 1. The first-order chi connectivity index (χ1) is 13.4. The zero-order chi connectivity index (χ0) is 20.3. The van der Waals surface area contributed by atoms with Gasteiger partial charge in [-0.2, -0.15) is 0 Å². The van der Waals surface area contributed by atoms with E-state index >= 15 is 0 Å². The predicted octanol–water partition coefficient (Wildman–Crippen LogP) is 3.24. The van der Waals surface area contributed by atoms with Crippen LogP contribution in [0.25, 0.3) is 10.9 Å². The summed E-state index contributed by atoms with van der Waals surface area (Å²) in [5.41, 5.74) is 1.93. The molecule has 0 aliphatic heterocycles. The monoisotopic (exact) mass is 379 g/mol. The summed E-state index contributed by atoms with van der Waals surface area (Å²) in [6.45, 7) is 5.27. The van der Waals surface area contributed by atoms with Crippen molar-refractivity contribution in [2.24, 2.45) is 13.0 Å². The third-order valence-electron chi connectivity index (χ3n) is 4.55. The van der Waals surface area contributed by atoms with E-state index in [1.54, 1.807) is 32.4 Å². The van der Waals surface area contributed by atoms with Gasteiger partial charge in [-0.3, -0.25) is 9.59 Å². The van der Waals surface area contributed by atoms with Gasteiger partial charge < -0.3 is 14.2 Å². The molecule has 1 amide bonds. The molecule has 146 valence electrons.